The predicted octanol–water partition coefficient (Wildman–Crippen LogP) is 1.32. The van der Waals surface area contributed by atoms with E-state index in [1.165, 1.54) is 4.90 Å². The molecule has 0 saturated heterocycles. The Morgan fingerprint density at radius 3 is 2.32 bits per heavy atom. The van der Waals surface area contributed by atoms with Crippen LogP contribution in [0.15, 0.2) is 6.07 Å². The first kappa shape index (κ1) is 15.2. The first-order chi connectivity index (χ1) is 8.74. The Labute approximate surface area is 114 Å². The van der Waals surface area contributed by atoms with Crippen molar-refractivity contribution in [3.8, 4) is 0 Å². The fourth-order valence-electron chi connectivity index (χ4n) is 1.33. The summed E-state index contributed by atoms with van der Waals surface area (Å²) < 4.78 is 0. The Morgan fingerprint density at radius 1 is 1.26 bits per heavy atom. The van der Waals surface area contributed by atoms with E-state index in [2.05, 4.69) is 41.4 Å². The number of rotatable bonds is 4. The number of nitrogens with zero attached hydrogens (tertiary/aromatic N) is 3. The van der Waals surface area contributed by atoms with Gasteiger partial charge < -0.3 is 15.5 Å². The molecule has 0 unspecified atom stereocenters. The second kappa shape index (κ2) is 5.86. The molecule has 0 saturated carbocycles. The van der Waals surface area contributed by atoms with E-state index in [1.807, 2.05) is 7.05 Å². The Bertz CT molecular complexity index is 451. The van der Waals surface area contributed by atoms with E-state index < -0.39 is 0 Å². The molecule has 1 heterocycles. The third kappa shape index (κ3) is 4.39. The van der Waals surface area contributed by atoms with Crippen LogP contribution in [0.3, 0.4) is 0 Å². The van der Waals surface area contributed by atoms with E-state index >= 15 is 0 Å². The lowest BCUT2D eigenvalue weighted by molar-refractivity contribution is -0.126. The maximum Gasteiger partial charge on any atom is 0.241 e. The molecule has 0 fully saturated rings. The van der Waals surface area contributed by atoms with E-state index in [9.17, 15) is 4.79 Å². The largest absolute Gasteiger partial charge is 0.373 e. The van der Waals surface area contributed by atoms with Gasteiger partial charge in [-0.05, 0) is 0 Å². The minimum Gasteiger partial charge on any atom is -0.373 e. The second-order valence-electron chi connectivity index (χ2n) is 5.60. The molecule has 0 aliphatic heterocycles. The molecule has 1 amide bonds. The molecule has 0 atom stereocenters. The van der Waals surface area contributed by atoms with Crippen molar-refractivity contribution in [2.75, 3.05) is 38.3 Å². The number of nitrogens with one attached hydrogen (secondary N) is 2. The quantitative estimate of drug-likeness (QED) is 0.859. The highest BCUT2D eigenvalue weighted by Gasteiger charge is 2.19. The van der Waals surface area contributed by atoms with Gasteiger partial charge in [-0.1, -0.05) is 20.8 Å². The summed E-state index contributed by atoms with van der Waals surface area (Å²) in [4.78, 5) is 22.0. The monoisotopic (exact) mass is 265 g/mol. The summed E-state index contributed by atoms with van der Waals surface area (Å²) in [5.74, 6) is 2.13. The zero-order chi connectivity index (χ0) is 14.6. The van der Waals surface area contributed by atoms with E-state index in [0.29, 0.717) is 5.82 Å². The molecule has 1 aromatic rings. The second-order valence-corrected chi connectivity index (χ2v) is 5.60. The molecule has 6 nitrogen and oxygen atoms in total. The minimum absolute atomic E-state index is 0.00179. The van der Waals surface area contributed by atoms with Crippen molar-refractivity contribution in [3.63, 3.8) is 0 Å². The highest BCUT2D eigenvalue weighted by atomic mass is 16.2. The van der Waals surface area contributed by atoms with Crippen LogP contribution in [0.5, 0.6) is 0 Å². The molecular formula is C13H23N5O. The van der Waals surface area contributed by atoms with Gasteiger partial charge in [0.2, 0.25) is 5.91 Å². The van der Waals surface area contributed by atoms with Gasteiger partial charge in [-0.3, -0.25) is 4.79 Å². The van der Waals surface area contributed by atoms with Crippen LogP contribution in [-0.4, -0.2) is 48.5 Å². The minimum atomic E-state index is -0.144. The first-order valence-corrected chi connectivity index (χ1v) is 6.25. The van der Waals surface area contributed by atoms with Crippen LogP contribution in [0.2, 0.25) is 0 Å². The number of carbonyl (C=O) groups excluding carboxylic acids is 1. The summed E-state index contributed by atoms with van der Waals surface area (Å²) in [6.45, 7) is 6.38. The SMILES string of the molecule is CNc1cc(NCC(=O)N(C)C)nc(C(C)(C)C)n1. The van der Waals surface area contributed by atoms with E-state index in [-0.39, 0.29) is 17.9 Å². The van der Waals surface area contributed by atoms with Gasteiger partial charge in [-0.15, -0.1) is 0 Å². The topological polar surface area (TPSA) is 70.2 Å². The molecule has 0 spiro atoms. The first-order valence-electron chi connectivity index (χ1n) is 6.25. The maximum atomic E-state index is 11.6. The van der Waals surface area contributed by atoms with Crippen molar-refractivity contribution >= 4 is 17.5 Å². The summed E-state index contributed by atoms with van der Waals surface area (Å²) >= 11 is 0. The van der Waals surface area contributed by atoms with Crippen LogP contribution >= 0.6 is 0 Å². The molecule has 0 bridgehead atoms. The normalized spacial score (nSPS) is 11.1. The predicted molar refractivity (Wildman–Crippen MR) is 77.5 cm³/mol. The smallest absolute Gasteiger partial charge is 0.241 e. The Morgan fingerprint density at radius 2 is 1.84 bits per heavy atom. The van der Waals surface area contributed by atoms with E-state index in [0.717, 1.165) is 11.6 Å². The number of likely N-dealkylation sites (N-methyl/N-ethyl adjacent to an activating group) is 1. The van der Waals surface area contributed by atoms with Gasteiger partial charge in [0.05, 0.1) is 6.54 Å². The molecule has 0 aliphatic rings. The van der Waals surface area contributed by atoms with Crippen LogP contribution in [0, 0.1) is 0 Å². The molecule has 1 aromatic heterocycles. The molecule has 1 rings (SSSR count). The Kier molecular flexibility index (Phi) is 4.69. The van der Waals surface area contributed by atoms with E-state index in [1.54, 1.807) is 20.2 Å². The van der Waals surface area contributed by atoms with Crippen molar-refractivity contribution in [2.45, 2.75) is 26.2 Å². The van der Waals surface area contributed by atoms with Gasteiger partial charge in [0.25, 0.3) is 0 Å². The number of aromatic nitrogens is 2. The molecule has 6 heteroatoms. The lowest BCUT2D eigenvalue weighted by Crippen LogP contribution is -2.29. The third-order valence-electron chi connectivity index (χ3n) is 2.57. The zero-order valence-electron chi connectivity index (χ0n) is 12.5. The number of anilines is 2. The van der Waals surface area contributed by atoms with Gasteiger partial charge in [0.15, 0.2) is 0 Å². The Hall–Kier alpha value is -1.85. The van der Waals surface area contributed by atoms with Crippen molar-refractivity contribution in [3.05, 3.63) is 11.9 Å². The van der Waals surface area contributed by atoms with Gasteiger partial charge in [0.1, 0.15) is 17.5 Å². The average molecular weight is 265 g/mol. The summed E-state index contributed by atoms with van der Waals surface area (Å²) in [5.41, 5.74) is -0.144. The molecule has 0 aromatic carbocycles. The fourth-order valence-corrected chi connectivity index (χ4v) is 1.33. The van der Waals surface area contributed by atoms with Crippen LogP contribution in [0.4, 0.5) is 11.6 Å². The average Bonchev–Trinajstić information content (AvgIpc) is 2.34. The molecule has 19 heavy (non-hydrogen) atoms. The molecule has 2 N–H and O–H groups in total. The van der Waals surface area contributed by atoms with Gasteiger partial charge in [0, 0.05) is 32.6 Å². The van der Waals surface area contributed by atoms with Crippen molar-refractivity contribution < 1.29 is 4.79 Å². The standard InChI is InChI=1S/C13H23N5O/c1-13(2,3)12-16-9(14-4)7-10(17-12)15-8-11(19)18(5)6/h7H,8H2,1-6H3,(H2,14,15,16,17). The summed E-state index contributed by atoms with van der Waals surface area (Å²) in [5, 5.41) is 6.03. The van der Waals surface area contributed by atoms with Crippen molar-refractivity contribution in [1.29, 1.82) is 0 Å². The van der Waals surface area contributed by atoms with E-state index in [4.69, 9.17) is 0 Å². The fraction of sp³-hybridized carbons (Fsp3) is 0.615. The summed E-state index contributed by atoms with van der Waals surface area (Å²) in [7, 11) is 5.26. The number of hydrogen-bond donors (Lipinski definition) is 2. The number of hydrogen-bond acceptors (Lipinski definition) is 5. The lowest BCUT2D eigenvalue weighted by atomic mass is 9.96. The lowest BCUT2D eigenvalue weighted by Gasteiger charge is -2.19. The molecule has 0 aliphatic carbocycles. The summed E-state index contributed by atoms with van der Waals surface area (Å²) in [6.07, 6.45) is 0. The number of carbonyl (C=O) groups is 1. The molecular weight excluding hydrogens is 242 g/mol. The van der Waals surface area contributed by atoms with Gasteiger partial charge in [-0.25, -0.2) is 9.97 Å². The highest BCUT2D eigenvalue weighted by molar-refractivity contribution is 5.80. The van der Waals surface area contributed by atoms with Crippen molar-refractivity contribution in [1.82, 2.24) is 14.9 Å². The third-order valence-corrected chi connectivity index (χ3v) is 2.57. The van der Waals surface area contributed by atoms with Gasteiger partial charge >= 0.3 is 0 Å². The van der Waals surface area contributed by atoms with Crippen LogP contribution < -0.4 is 10.6 Å². The zero-order valence-corrected chi connectivity index (χ0v) is 12.5. The van der Waals surface area contributed by atoms with Crippen LogP contribution in [0.1, 0.15) is 26.6 Å². The molecule has 0 radical (unpaired) electrons. The molecule has 106 valence electrons. The van der Waals surface area contributed by atoms with Crippen molar-refractivity contribution in [2.24, 2.45) is 0 Å². The number of amides is 1. The Balaban J connectivity index is 2.92. The van der Waals surface area contributed by atoms with Crippen LogP contribution in [-0.2, 0) is 10.2 Å². The highest BCUT2D eigenvalue weighted by Crippen LogP contribution is 2.21. The maximum absolute atomic E-state index is 11.6. The summed E-state index contributed by atoms with van der Waals surface area (Å²) in [6, 6.07) is 1.79. The van der Waals surface area contributed by atoms with Crippen LogP contribution in [0.25, 0.3) is 0 Å². The van der Waals surface area contributed by atoms with Gasteiger partial charge in [-0.2, -0.15) is 0 Å².